The second-order valence-electron chi connectivity index (χ2n) is 5.72. The van der Waals surface area contributed by atoms with Crippen LogP contribution in [0.2, 0.25) is 0 Å². The Labute approximate surface area is 130 Å². The van der Waals surface area contributed by atoms with E-state index >= 15 is 0 Å². The van der Waals surface area contributed by atoms with Crippen LogP contribution in [0.5, 0.6) is 0 Å². The molecule has 0 bridgehead atoms. The van der Waals surface area contributed by atoms with Gasteiger partial charge < -0.3 is 15.9 Å². The highest BCUT2D eigenvalue weighted by Gasteiger charge is 2.08. The lowest BCUT2D eigenvalue weighted by atomic mass is 10.1. The van der Waals surface area contributed by atoms with Crippen molar-refractivity contribution in [3.8, 4) is 0 Å². The van der Waals surface area contributed by atoms with E-state index in [1.807, 2.05) is 6.08 Å². The Bertz CT molecular complexity index is 264. The van der Waals surface area contributed by atoms with Gasteiger partial charge in [-0.1, -0.05) is 69.8 Å². The lowest BCUT2D eigenvalue weighted by molar-refractivity contribution is 0.144. The average molecular weight is 297 g/mol. The fourth-order valence-corrected chi connectivity index (χ4v) is 2.13. The minimum absolute atomic E-state index is 0.191. The topological polar surface area (TPSA) is 66.5 Å². The van der Waals surface area contributed by atoms with Crippen LogP contribution in [-0.2, 0) is 0 Å². The molecule has 0 aromatic carbocycles. The van der Waals surface area contributed by atoms with Gasteiger partial charge in [0.1, 0.15) is 0 Å². The number of allylic oxidation sites excluding steroid dienone is 3. The number of unbranched alkanes of at least 4 members (excludes halogenated alkanes) is 8. The zero-order chi connectivity index (χ0) is 15.8. The summed E-state index contributed by atoms with van der Waals surface area (Å²) in [6, 6.07) is -0.575. The molecule has 0 fully saturated rings. The lowest BCUT2D eigenvalue weighted by Crippen LogP contribution is -2.36. The molecule has 2 atom stereocenters. The number of aliphatic hydroxyl groups is 2. The van der Waals surface area contributed by atoms with Crippen LogP contribution in [0.15, 0.2) is 24.3 Å². The molecule has 0 rings (SSSR count). The zero-order valence-corrected chi connectivity index (χ0v) is 13.7. The van der Waals surface area contributed by atoms with Gasteiger partial charge in [0, 0.05) is 0 Å². The zero-order valence-electron chi connectivity index (χ0n) is 13.7. The fourth-order valence-electron chi connectivity index (χ4n) is 2.13. The third-order valence-corrected chi connectivity index (χ3v) is 3.62. The third kappa shape index (κ3) is 14.1. The summed E-state index contributed by atoms with van der Waals surface area (Å²) < 4.78 is 0. The molecule has 3 heteroatoms. The number of hydrogen-bond donors (Lipinski definition) is 3. The van der Waals surface area contributed by atoms with Gasteiger partial charge >= 0.3 is 0 Å². The van der Waals surface area contributed by atoms with Crippen molar-refractivity contribution >= 4 is 0 Å². The maximum atomic E-state index is 9.51. The highest BCUT2D eigenvalue weighted by atomic mass is 16.3. The first-order valence-corrected chi connectivity index (χ1v) is 8.58. The van der Waals surface area contributed by atoms with Crippen LogP contribution >= 0.6 is 0 Å². The Morgan fingerprint density at radius 3 is 2.10 bits per heavy atom. The highest BCUT2D eigenvalue weighted by Crippen LogP contribution is 2.09. The first kappa shape index (κ1) is 20.4. The summed E-state index contributed by atoms with van der Waals surface area (Å²) in [5.74, 6) is 0. The summed E-state index contributed by atoms with van der Waals surface area (Å²) >= 11 is 0. The molecule has 4 N–H and O–H groups in total. The van der Waals surface area contributed by atoms with Crippen molar-refractivity contribution in [2.75, 3.05) is 6.61 Å². The van der Waals surface area contributed by atoms with Crippen LogP contribution in [0.4, 0.5) is 0 Å². The van der Waals surface area contributed by atoms with E-state index in [-0.39, 0.29) is 6.61 Å². The average Bonchev–Trinajstić information content (AvgIpc) is 2.50. The van der Waals surface area contributed by atoms with E-state index in [1.54, 1.807) is 6.08 Å². The number of aliphatic hydroxyl groups excluding tert-OH is 2. The van der Waals surface area contributed by atoms with Crippen LogP contribution < -0.4 is 5.73 Å². The molecule has 0 unspecified atom stereocenters. The monoisotopic (exact) mass is 297 g/mol. The van der Waals surface area contributed by atoms with Crippen molar-refractivity contribution in [2.24, 2.45) is 5.73 Å². The SMILES string of the molecule is CCCCCCCCC/C=C/CC/C=C/[C@@H](O)[C@@H](N)CO. The Morgan fingerprint density at radius 1 is 0.857 bits per heavy atom. The number of nitrogens with two attached hydrogens (primary N) is 1. The molecule has 0 aromatic heterocycles. The molecular formula is C18H35NO2. The van der Waals surface area contributed by atoms with E-state index in [0.717, 1.165) is 12.8 Å². The second kappa shape index (κ2) is 15.7. The van der Waals surface area contributed by atoms with Gasteiger partial charge in [-0.25, -0.2) is 0 Å². The Morgan fingerprint density at radius 2 is 1.43 bits per heavy atom. The van der Waals surface area contributed by atoms with Crippen LogP contribution in [0.1, 0.15) is 71.1 Å². The normalized spacial score (nSPS) is 15.0. The fraction of sp³-hybridized carbons (Fsp3) is 0.778. The maximum Gasteiger partial charge on any atom is 0.0894 e. The first-order chi connectivity index (χ1) is 10.2. The number of rotatable bonds is 14. The Kier molecular flexibility index (Phi) is 15.3. The number of hydrogen-bond acceptors (Lipinski definition) is 3. The molecule has 0 saturated carbocycles. The van der Waals surface area contributed by atoms with Crippen molar-refractivity contribution < 1.29 is 10.2 Å². The smallest absolute Gasteiger partial charge is 0.0894 e. The van der Waals surface area contributed by atoms with Gasteiger partial charge in [0.2, 0.25) is 0 Å². The largest absolute Gasteiger partial charge is 0.395 e. The summed E-state index contributed by atoms with van der Waals surface area (Å²) in [5, 5.41) is 18.3. The molecule has 0 aliphatic carbocycles. The summed E-state index contributed by atoms with van der Waals surface area (Å²) in [4.78, 5) is 0. The summed E-state index contributed by atoms with van der Waals surface area (Å²) in [5.41, 5.74) is 5.50. The van der Waals surface area contributed by atoms with Gasteiger partial charge in [0.05, 0.1) is 18.8 Å². The first-order valence-electron chi connectivity index (χ1n) is 8.58. The summed E-state index contributed by atoms with van der Waals surface area (Å²) in [7, 11) is 0. The molecule has 124 valence electrons. The van der Waals surface area contributed by atoms with Crippen molar-refractivity contribution in [3.05, 3.63) is 24.3 Å². The van der Waals surface area contributed by atoms with Gasteiger partial charge in [0.15, 0.2) is 0 Å². The van der Waals surface area contributed by atoms with E-state index in [4.69, 9.17) is 10.8 Å². The van der Waals surface area contributed by atoms with E-state index in [2.05, 4.69) is 19.1 Å². The van der Waals surface area contributed by atoms with Crippen molar-refractivity contribution in [2.45, 2.75) is 83.3 Å². The van der Waals surface area contributed by atoms with Gasteiger partial charge in [-0.3, -0.25) is 0 Å². The van der Waals surface area contributed by atoms with E-state index in [1.165, 1.54) is 51.4 Å². The molecule has 0 amide bonds. The Balaban J connectivity index is 3.35. The van der Waals surface area contributed by atoms with Crippen LogP contribution in [0.25, 0.3) is 0 Å². The molecule has 0 spiro atoms. The van der Waals surface area contributed by atoms with E-state index in [0.29, 0.717) is 0 Å². The van der Waals surface area contributed by atoms with E-state index in [9.17, 15) is 5.11 Å². The Hall–Kier alpha value is -0.640. The van der Waals surface area contributed by atoms with Gasteiger partial charge in [-0.05, 0) is 25.7 Å². The maximum absolute atomic E-state index is 9.51. The molecule has 0 aromatic rings. The minimum atomic E-state index is -0.744. The van der Waals surface area contributed by atoms with Gasteiger partial charge in [-0.15, -0.1) is 0 Å². The molecule has 3 nitrogen and oxygen atoms in total. The molecular weight excluding hydrogens is 262 g/mol. The summed E-state index contributed by atoms with van der Waals surface area (Å²) in [6.45, 7) is 2.06. The summed E-state index contributed by atoms with van der Waals surface area (Å²) in [6.07, 6.45) is 19.9. The van der Waals surface area contributed by atoms with Crippen molar-refractivity contribution in [1.82, 2.24) is 0 Å². The minimum Gasteiger partial charge on any atom is -0.395 e. The predicted molar refractivity (Wildman–Crippen MR) is 91.2 cm³/mol. The van der Waals surface area contributed by atoms with Gasteiger partial charge in [0.25, 0.3) is 0 Å². The van der Waals surface area contributed by atoms with Crippen LogP contribution in [-0.4, -0.2) is 29.0 Å². The molecule has 0 aliphatic heterocycles. The standard InChI is InChI=1S/C18H35NO2/c1-2-3-4-5-6-7-8-9-10-11-12-13-14-15-18(21)17(19)16-20/h10-11,14-15,17-18,20-21H,2-9,12-13,16,19H2,1H3/b11-10+,15-14+/t17-,18+/m0/s1. The molecule has 0 aliphatic rings. The van der Waals surface area contributed by atoms with E-state index < -0.39 is 12.1 Å². The predicted octanol–water partition coefficient (Wildman–Crippen LogP) is 3.70. The molecule has 0 saturated heterocycles. The highest BCUT2D eigenvalue weighted by molar-refractivity contribution is 4.95. The van der Waals surface area contributed by atoms with Gasteiger partial charge in [-0.2, -0.15) is 0 Å². The molecule has 0 heterocycles. The quantitative estimate of drug-likeness (QED) is 0.338. The molecule has 0 radical (unpaired) electrons. The van der Waals surface area contributed by atoms with Crippen LogP contribution in [0, 0.1) is 0 Å². The third-order valence-electron chi connectivity index (χ3n) is 3.62. The van der Waals surface area contributed by atoms with Crippen molar-refractivity contribution in [3.63, 3.8) is 0 Å². The molecule has 21 heavy (non-hydrogen) atoms. The van der Waals surface area contributed by atoms with Crippen LogP contribution in [0.3, 0.4) is 0 Å². The lowest BCUT2D eigenvalue weighted by Gasteiger charge is -2.11. The van der Waals surface area contributed by atoms with Crippen molar-refractivity contribution in [1.29, 1.82) is 0 Å². The second-order valence-corrected chi connectivity index (χ2v) is 5.72.